The normalized spacial score (nSPS) is 11.3. The molecule has 2 aromatic heterocycles. The van der Waals surface area contributed by atoms with E-state index >= 15 is 0 Å². The van der Waals surface area contributed by atoms with Gasteiger partial charge in [0.05, 0.1) is 19.6 Å². The number of hydrogen-bond donors (Lipinski definition) is 0. The summed E-state index contributed by atoms with van der Waals surface area (Å²) in [7, 11) is 0. The molecule has 0 saturated heterocycles. The molecule has 120 valence electrons. The fourth-order valence-corrected chi connectivity index (χ4v) is 2.23. The van der Waals surface area contributed by atoms with Crippen LogP contribution in [0.1, 0.15) is 18.9 Å². The maximum Gasteiger partial charge on any atom is 0.312 e. The quantitative estimate of drug-likeness (QED) is 0.473. The zero-order valence-electron chi connectivity index (χ0n) is 12.6. The summed E-state index contributed by atoms with van der Waals surface area (Å²) < 4.78 is 6.79. The molecule has 5 nitrogen and oxygen atoms in total. The number of nitrogens with zero attached hydrogens (tertiary/aromatic N) is 3. The highest BCUT2D eigenvalue weighted by molar-refractivity contribution is 7.80. The van der Waals surface area contributed by atoms with Gasteiger partial charge in [-0.1, -0.05) is 36.0 Å². The Morgan fingerprint density at radius 2 is 2.22 bits per heavy atom. The predicted octanol–water partition coefficient (Wildman–Crippen LogP) is 2.77. The number of esters is 1. The lowest BCUT2D eigenvalue weighted by molar-refractivity contribution is -0.141. The topological polar surface area (TPSA) is 56.5 Å². The van der Waals surface area contributed by atoms with Crippen LogP contribution in [-0.2, 0) is 16.1 Å². The van der Waals surface area contributed by atoms with Crippen LogP contribution in [0.15, 0.2) is 47.7 Å². The lowest BCUT2D eigenvalue weighted by Crippen LogP contribution is -2.22. The first kappa shape index (κ1) is 17.3. The van der Waals surface area contributed by atoms with Gasteiger partial charge < -0.3 is 9.30 Å². The Balaban J connectivity index is 2.19. The summed E-state index contributed by atoms with van der Waals surface area (Å²) in [6, 6.07) is 9.23. The summed E-state index contributed by atoms with van der Waals surface area (Å²) in [4.78, 5) is 20.1. The third kappa shape index (κ3) is 5.58. The van der Waals surface area contributed by atoms with Crippen molar-refractivity contribution >= 4 is 34.8 Å². The van der Waals surface area contributed by atoms with Crippen LogP contribution in [0.4, 0.5) is 0 Å². The van der Waals surface area contributed by atoms with Crippen molar-refractivity contribution in [2.24, 2.45) is 4.99 Å². The molecule has 2 aromatic rings. The average molecular weight is 350 g/mol. The highest BCUT2D eigenvalue weighted by atomic mass is 35.5. The van der Waals surface area contributed by atoms with Crippen LogP contribution >= 0.6 is 23.8 Å². The molecule has 0 atom stereocenters. The average Bonchev–Trinajstić information content (AvgIpc) is 2.51. The summed E-state index contributed by atoms with van der Waals surface area (Å²) in [5, 5.41) is 0.451. The number of halogens is 1. The van der Waals surface area contributed by atoms with Crippen molar-refractivity contribution in [1.82, 2.24) is 9.55 Å². The molecule has 0 amide bonds. The molecule has 0 bridgehead atoms. The Morgan fingerprint density at radius 3 is 2.91 bits per heavy atom. The van der Waals surface area contributed by atoms with Crippen molar-refractivity contribution in [1.29, 1.82) is 0 Å². The first-order valence-corrected chi connectivity index (χ1v) is 7.86. The minimum Gasteiger partial charge on any atom is -0.466 e. The minimum absolute atomic E-state index is 0.000564. The van der Waals surface area contributed by atoms with Gasteiger partial charge in [-0.05, 0) is 30.7 Å². The zero-order chi connectivity index (χ0) is 16.7. The Morgan fingerprint density at radius 1 is 1.39 bits per heavy atom. The first-order chi connectivity index (χ1) is 11.1. The van der Waals surface area contributed by atoms with Crippen molar-refractivity contribution < 1.29 is 9.53 Å². The van der Waals surface area contributed by atoms with Gasteiger partial charge in [-0.2, -0.15) is 0 Å². The Kier molecular flexibility index (Phi) is 6.43. The smallest absolute Gasteiger partial charge is 0.312 e. The van der Waals surface area contributed by atoms with Crippen molar-refractivity contribution in [3.05, 3.63) is 58.9 Å². The minimum atomic E-state index is -0.370. The van der Waals surface area contributed by atoms with E-state index in [1.165, 1.54) is 0 Å². The lowest BCUT2D eigenvalue weighted by Gasteiger charge is -2.07. The molecular weight excluding hydrogens is 334 g/mol. The van der Waals surface area contributed by atoms with Crippen molar-refractivity contribution in [3.8, 4) is 0 Å². The molecule has 0 radical (unpaired) electrons. The third-order valence-electron chi connectivity index (χ3n) is 2.90. The van der Waals surface area contributed by atoms with Crippen LogP contribution in [0.25, 0.3) is 0 Å². The van der Waals surface area contributed by atoms with Crippen LogP contribution in [-0.4, -0.2) is 27.1 Å². The molecule has 0 saturated carbocycles. The van der Waals surface area contributed by atoms with Crippen LogP contribution in [0.2, 0.25) is 5.15 Å². The van der Waals surface area contributed by atoms with E-state index in [1.54, 1.807) is 19.2 Å². The second-order valence-electron chi connectivity index (χ2n) is 4.66. The maximum absolute atomic E-state index is 11.5. The molecule has 2 heterocycles. The number of carbonyl (C=O) groups excluding carboxylic acids is 1. The van der Waals surface area contributed by atoms with Gasteiger partial charge in [0, 0.05) is 12.4 Å². The fraction of sp³-hybridized carbons (Fsp3) is 0.250. The van der Waals surface area contributed by atoms with Crippen LogP contribution in [0, 0.1) is 0 Å². The van der Waals surface area contributed by atoms with Gasteiger partial charge in [-0.15, -0.1) is 0 Å². The van der Waals surface area contributed by atoms with E-state index in [2.05, 4.69) is 9.98 Å². The molecule has 0 aliphatic heterocycles. The van der Waals surface area contributed by atoms with E-state index in [9.17, 15) is 4.79 Å². The van der Waals surface area contributed by atoms with Crippen molar-refractivity contribution in [3.63, 3.8) is 0 Å². The SMILES string of the molecule is CCOC(=O)CC(=S)N=c1ccccn1Cc1ccc(Cl)nc1. The summed E-state index contributed by atoms with van der Waals surface area (Å²) in [5.74, 6) is -0.370. The van der Waals surface area contributed by atoms with E-state index < -0.39 is 0 Å². The molecular formula is C16H16ClN3O2S. The van der Waals surface area contributed by atoms with Gasteiger partial charge in [-0.3, -0.25) is 4.79 Å². The van der Waals surface area contributed by atoms with E-state index in [1.807, 2.05) is 35.0 Å². The van der Waals surface area contributed by atoms with Gasteiger partial charge in [0.2, 0.25) is 0 Å². The van der Waals surface area contributed by atoms with Gasteiger partial charge in [-0.25, -0.2) is 9.98 Å². The second-order valence-corrected chi connectivity index (χ2v) is 5.52. The maximum atomic E-state index is 11.5. The van der Waals surface area contributed by atoms with Crippen LogP contribution < -0.4 is 5.49 Å². The van der Waals surface area contributed by atoms with Crippen LogP contribution in [0.5, 0.6) is 0 Å². The second kappa shape index (κ2) is 8.55. The van der Waals surface area contributed by atoms with Gasteiger partial charge in [0.1, 0.15) is 15.6 Å². The highest BCUT2D eigenvalue weighted by Gasteiger charge is 2.06. The molecule has 0 unspecified atom stereocenters. The number of hydrogen-bond acceptors (Lipinski definition) is 4. The van der Waals surface area contributed by atoms with Crippen molar-refractivity contribution in [2.45, 2.75) is 19.9 Å². The molecule has 0 spiro atoms. The molecule has 2 rings (SSSR count). The number of thiocarbonyl (C=S) groups is 1. The fourth-order valence-electron chi connectivity index (χ4n) is 1.90. The van der Waals surface area contributed by atoms with E-state index in [-0.39, 0.29) is 17.4 Å². The highest BCUT2D eigenvalue weighted by Crippen LogP contribution is 2.06. The van der Waals surface area contributed by atoms with Gasteiger partial charge >= 0.3 is 5.97 Å². The third-order valence-corrected chi connectivity index (χ3v) is 3.36. The Hall–Kier alpha value is -2.05. The molecule has 23 heavy (non-hydrogen) atoms. The van der Waals surface area contributed by atoms with E-state index in [0.717, 1.165) is 5.56 Å². The number of pyridine rings is 2. The number of rotatable bonds is 5. The van der Waals surface area contributed by atoms with Gasteiger partial charge in [0.15, 0.2) is 0 Å². The van der Waals surface area contributed by atoms with E-state index in [0.29, 0.717) is 23.8 Å². The van der Waals surface area contributed by atoms with Crippen molar-refractivity contribution in [2.75, 3.05) is 6.61 Å². The summed E-state index contributed by atoms with van der Waals surface area (Å²) in [6.07, 6.45) is 3.60. The molecule has 0 aromatic carbocycles. The molecule has 0 fully saturated rings. The number of carbonyl (C=O) groups is 1. The monoisotopic (exact) mass is 349 g/mol. The molecule has 0 aliphatic rings. The Bertz CT molecular complexity index is 756. The molecule has 0 aliphatic carbocycles. The largest absolute Gasteiger partial charge is 0.466 e. The lowest BCUT2D eigenvalue weighted by atomic mass is 10.3. The summed E-state index contributed by atoms with van der Waals surface area (Å²) >= 11 is 10.9. The Labute approximate surface area is 144 Å². The first-order valence-electron chi connectivity index (χ1n) is 7.07. The standard InChI is InChI=1S/C16H16ClN3O2S/c1-2-22-16(21)9-15(23)19-14-5-3-4-8-20(14)11-12-6-7-13(17)18-10-12/h3-8,10H,2,9,11H2,1H3. The van der Waals surface area contributed by atoms with Crippen LogP contribution in [0.3, 0.4) is 0 Å². The molecule has 0 N–H and O–H groups in total. The van der Waals surface area contributed by atoms with E-state index in [4.69, 9.17) is 28.6 Å². The summed E-state index contributed by atoms with van der Waals surface area (Å²) in [6.45, 7) is 2.66. The molecule has 7 heteroatoms. The number of aromatic nitrogens is 2. The number of ether oxygens (including phenoxy) is 1. The zero-order valence-corrected chi connectivity index (χ0v) is 14.2. The van der Waals surface area contributed by atoms with Gasteiger partial charge in [0.25, 0.3) is 0 Å². The summed E-state index contributed by atoms with van der Waals surface area (Å²) in [5.41, 5.74) is 1.65. The predicted molar refractivity (Wildman–Crippen MR) is 92.2 cm³/mol.